The minimum atomic E-state index is 0.168. The van der Waals surface area contributed by atoms with E-state index in [1.54, 1.807) is 6.33 Å². The van der Waals surface area contributed by atoms with Crippen LogP contribution in [0.5, 0.6) is 0 Å². The maximum atomic E-state index is 13.5. The molecule has 2 aliphatic rings. The van der Waals surface area contributed by atoms with Crippen molar-refractivity contribution in [3.05, 3.63) is 52.7 Å². The number of aromatic nitrogens is 2. The third-order valence-electron chi connectivity index (χ3n) is 7.25. The van der Waals surface area contributed by atoms with Crippen LogP contribution in [0.25, 0.3) is 10.2 Å². The zero-order chi connectivity index (χ0) is 22.1. The van der Waals surface area contributed by atoms with Crippen LogP contribution in [0.2, 0.25) is 0 Å². The first kappa shape index (κ1) is 21.4. The average Bonchev–Trinajstić information content (AvgIpc) is 3.17. The molecular weight excluding hydrogens is 416 g/mol. The highest BCUT2D eigenvalue weighted by Crippen LogP contribution is 2.38. The summed E-state index contributed by atoms with van der Waals surface area (Å²) < 4.78 is 0. The maximum Gasteiger partial charge on any atom is 0.264 e. The number of aryl methyl sites for hydroxylation is 1. The van der Waals surface area contributed by atoms with Crippen molar-refractivity contribution < 1.29 is 4.79 Å². The fourth-order valence-electron chi connectivity index (χ4n) is 5.32. The van der Waals surface area contributed by atoms with Crippen LogP contribution < -0.4 is 4.90 Å². The van der Waals surface area contributed by atoms with Gasteiger partial charge in [-0.2, -0.15) is 0 Å². The summed E-state index contributed by atoms with van der Waals surface area (Å²) in [5.41, 5.74) is 2.45. The molecule has 4 heterocycles. The molecule has 0 bridgehead atoms. The first-order valence-electron chi connectivity index (χ1n) is 12.0. The van der Waals surface area contributed by atoms with Gasteiger partial charge in [-0.25, -0.2) is 9.97 Å². The van der Waals surface area contributed by atoms with Gasteiger partial charge in [0, 0.05) is 25.7 Å². The van der Waals surface area contributed by atoms with Gasteiger partial charge in [0.25, 0.3) is 5.91 Å². The van der Waals surface area contributed by atoms with Crippen molar-refractivity contribution in [3.63, 3.8) is 0 Å². The number of amides is 1. The highest BCUT2D eigenvalue weighted by Gasteiger charge is 2.29. The van der Waals surface area contributed by atoms with Crippen molar-refractivity contribution >= 4 is 33.3 Å². The van der Waals surface area contributed by atoms with Crippen LogP contribution in [0.4, 0.5) is 5.82 Å². The third-order valence-corrected chi connectivity index (χ3v) is 8.43. The predicted octanol–water partition coefficient (Wildman–Crippen LogP) is 5.47. The Labute approximate surface area is 194 Å². The zero-order valence-electron chi connectivity index (χ0n) is 19.1. The smallest absolute Gasteiger partial charge is 0.264 e. The molecule has 2 saturated heterocycles. The predicted molar refractivity (Wildman–Crippen MR) is 132 cm³/mol. The summed E-state index contributed by atoms with van der Waals surface area (Å²) in [6.45, 7) is 7.06. The number of benzene rings is 1. The molecule has 0 radical (unpaired) electrons. The van der Waals surface area contributed by atoms with Crippen molar-refractivity contribution in [2.75, 3.05) is 24.5 Å². The summed E-state index contributed by atoms with van der Waals surface area (Å²) >= 11 is 1.54. The fourth-order valence-corrected chi connectivity index (χ4v) is 6.43. The number of carbonyl (C=O) groups excluding carboxylic acids is 1. The number of hydrogen-bond acceptors (Lipinski definition) is 5. The molecule has 1 unspecified atom stereocenters. The van der Waals surface area contributed by atoms with Crippen molar-refractivity contribution in [3.8, 4) is 0 Å². The lowest BCUT2D eigenvalue weighted by atomic mass is 9.90. The van der Waals surface area contributed by atoms with Crippen LogP contribution >= 0.6 is 11.3 Å². The van der Waals surface area contributed by atoms with E-state index >= 15 is 0 Å². The van der Waals surface area contributed by atoms with Crippen molar-refractivity contribution in [2.45, 2.75) is 58.4 Å². The second-order valence-electron chi connectivity index (χ2n) is 9.40. The number of likely N-dealkylation sites (tertiary alicyclic amines) is 1. The van der Waals surface area contributed by atoms with Gasteiger partial charge in [-0.15, -0.1) is 11.3 Å². The molecule has 3 aromatic rings. The lowest BCUT2D eigenvalue weighted by Gasteiger charge is -2.34. The topological polar surface area (TPSA) is 49.3 Å². The van der Waals surface area contributed by atoms with E-state index < -0.39 is 0 Å². The SMILES string of the molecule is Cc1c(C(=O)N2CCC(Cc3ccccc3)CC2)sc2ncnc(N3CCCCC3C)c12. The second kappa shape index (κ2) is 9.18. The highest BCUT2D eigenvalue weighted by molar-refractivity contribution is 7.20. The number of hydrogen-bond donors (Lipinski definition) is 0. The molecule has 168 valence electrons. The Hall–Kier alpha value is -2.47. The molecule has 2 fully saturated rings. The Morgan fingerprint density at radius 3 is 2.59 bits per heavy atom. The molecule has 0 saturated carbocycles. The summed E-state index contributed by atoms with van der Waals surface area (Å²) in [5.74, 6) is 1.83. The number of thiophene rings is 1. The van der Waals surface area contributed by atoms with E-state index in [-0.39, 0.29) is 5.91 Å². The Morgan fingerprint density at radius 2 is 1.84 bits per heavy atom. The first-order valence-corrected chi connectivity index (χ1v) is 12.8. The van der Waals surface area contributed by atoms with E-state index in [2.05, 4.69) is 63.9 Å². The summed E-state index contributed by atoms with van der Waals surface area (Å²) in [6, 6.07) is 11.2. The minimum absolute atomic E-state index is 0.168. The number of anilines is 1. The molecule has 1 aromatic carbocycles. The number of rotatable bonds is 4. The number of nitrogens with zero attached hydrogens (tertiary/aromatic N) is 4. The Bertz CT molecular complexity index is 1090. The first-order chi connectivity index (χ1) is 15.6. The molecular formula is C26H32N4OS. The van der Waals surface area contributed by atoms with E-state index in [1.165, 1.54) is 36.2 Å². The number of piperidine rings is 2. The largest absolute Gasteiger partial charge is 0.353 e. The van der Waals surface area contributed by atoms with Gasteiger partial charge in [0.05, 0.1) is 10.3 Å². The average molecular weight is 449 g/mol. The lowest BCUT2D eigenvalue weighted by molar-refractivity contribution is 0.0695. The molecule has 1 amide bonds. The van der Waals surface area contributed by atoms with Crippen LogP contribution in [-0.4, -0.2) is 46.5 Å². The monoisotopic (exact) mass is 448 g/mol. The van der Waals surface area contributed by atoms with E-state index in [4.69, 9.17) is 0 Å². The Morgan fingerprint density at radius 1 is 1.06 bits per heavy atom. The fraction of sp³-hybridized carbons (Fsp3) is 0.500. The quantitative estimate of drug-likeness (QED) is 0.531. The van der Waals surface area contributed by atoms with E-state index in [0.29, 0.717) is 12.0 Å². The van der Waals surface area contributed by atoms with Gasteiger partial charge in [-0.05, 0) is 69.4 Å². The molecule has 2 aromatic heterocycles. The standard InChI is InChI=1S/C26H32N4OS/c1-18-8-6-7-13-30(18)24-22-19(2)23(32-25(22)28-17-27-24)26(31)29-14-11-21(12-15-29)16-20-9-4-3-5-10-20/h3-5,9-10,17-18,21H,6-8,11-16H2,1-2H3. The second-order valence-corrected chi connectivity index (χ2v) is 10.4. The Balaban J connectivity index is 1.33. The van der Waals surface area contributed by atoms with E-state index in [1.807, 2.05) is 0 Å². The van der Waals surface area contributed by atoms with Gasteiger partial charge in [-0.1, -0.05) is 30.3 Å². The summed E-state index contributed by atoms with van der Waals surface area (Å²) in [5, 5.41) is 1.08. The van der Waals surface area contributed by atoms with Gasteiger partial charge < -0.3 is 9.80 Å². The molecule has 1 atom stereocenters. The van der Waals surface area contributed by atoms with Gasteiger partial charge in [0.15, 0.2) is 0 Å². The number of carbonyl (C=O) groups is 1. The van der Waals surface area contributed by atoms with Crippen molar-refractivity contribution in [1.29, 1.82) is 0 Å². The summed E-state index contributed by atoms with van der Waals surface area (Å²) in [7, 11) is 0. The molecule has 6 heteroatoms. The molecule has 32 heavy (non-hydrogen) atoms. The molecule has 2 aliphatic heterocycles. The van der Waals surface area contributed by atoms with Gasteiger partial charge in [0.2, 0.25) is 0 Å². The Kier molecular flexibility index (Phi) is 6.13. The van der Waals surface area contributed by atoms with Crippen LogP contribution in [-0.2, 0) is 6.42 Å². The van der Waals surface area contributed by atoms with Crippen LogP contribution in [0.15, 0.2) is 36.7 Å². The zero-order valence-corrected chi connectivity index (χ0v) is 19.9. The van der Waals surface area contributed by atoms with Crippen LogP contribution in [0.1, 0.15) is 59.8 Å². The van der Waals surface area contributed by atoms with Gasteiger partial charge >= 0.3 is 0 Å². The van der Waals surface area contributed by atoms with E-state index in [0.717, 1.165) is 65.4 Å². The normalized spacial score (nSPS) is 20.1. The molecule has 0 N–H and O–H groups in total. The highest BCUT2D eigenvalue weighted by atomic mass is 32.1. The van der Waals surface area contributed by atoms with Crippen molar-refractivity contribution in [1.82, 2.24) is 14.9 Å². The van der Waals surface area contributed by atoms with Gasteiger partial charge in [-0.3, -0.25) is 4.79 Å². The maximum absolute atomic E-state index is 13.5. The van der Waals surface area contributed by atoms with Crippen LogP contribution in [0.3, 0.4) is 0 Å². The summed E-state index contributed by atoms with van der Waals surface area (Å²) in [4.78, 5) is 28.9. The summed E-state index contributed by atoms with van der Waals surface area (Å²) in [6.07, 6.45) is 8.58. The lowest BCUT2D eigenvalue weighted by Crippen LogP contribution is -2.39. The molecule has 0 spiro atoms. The number of fused-ring (bicyclic) bond motifs is 1. The molecule has 5 nitrogen and oxygen atoms in total. The van der Waals surface area contributed by atoms with E-state index in [9.17, 15) is 4.79 Å². The minimum Gasteiger partial charge on any atom is -0.353 e. The van der Waals surface area contributed by atoms with Gasteiger partial charge in [0.1, 0.15) is 17.0 Å². The van der Waals surface area contributed by atoms with Crippen LogP contribution in [0, 0.1) is 12.8 Å². The third kappa shape index (κ3) is 4.13. The molecule has 5 rings (SSSR count). The molecule has 0 aliphatic carbocycles. The van der Waals surface area contributed by atoms with Crippen molar-refractivity contribution in [2.24, 2.45) is 5.92 Å².